The summed E-state index contributed by atoms with van der Waals surface area (Å²) < 4.78 is 9.09. The Morgan fingerprint density at radius 2 is 2.40 bits per heavy atom. The second kappa shape index (κ2) is 5.77. The Labute approximate surface area is 93.4 Å². The molecule has 1 rings (SSSR count). The van der Waals surface area contributed by atoms with Crippen molar-refractivity contribution in [2.24, 2.45) is 0 Å². The van der Waals surface area contributed by atoms with Gasteiger partial charge in [0.15, 0.2) is 16.6 Å². The van der Waals surface area contributed by atoms with E-state index in [1.54, 1.807) is 14.0 Å². The van der Waals surface area contributed by atoms with E-state index in [4.69, 9.17) is 15.6 Å². The molecular weight excluding hydrogens is 214 g/mol. The van der Waals surface area contributed by atoms with E-state index in [0.717, 1.165) is 24.4 Å². The number of hydrogen-bond donors (Lipinski definition) is 3. The summed E-state index contributed by atoms with van der Waals surface area (Å²) in [5.74, 6) is 1.03. The summed E-state index contributed by atoms with van der Waals surface area (Å²) in [4.78, 5) is 0. The van der Waals surface area contributed by atoms with Crippen LogP contribution in [0.3, 0.4) is 0 Å². The van der Waals surface area contributed by atoms with Crippen LogP contribution in [0.5, 0.6) is 5.75 Å². The van der Waals surface area contributed by atoms with Crippen LogP contribution in [-0.4, -0.2) is 29.2 Å². The predicted octanol–water partition coefficient (Wildman–Crippen LogP) is 1.31. The van der Waals surface area contributed by atoms with E-state index in [2.05, 4.69) is 9.69 Å². The van der Waals surface area contributed by atoms with Gasteiger partial charge in [0.05, 0.1) is 13.2 Å². The fourth-order valence-corrected chi connectivity index (χ4v) is 1.91. The van der Waals surface area contributed by atoms with E-state index in [0.29, 0.717) is 11.6 Å². The number of methoxy groups -OCH3 is 1. The smallest absolute Gasteiger partial charge is 0.197 e. The zero-order valence-electron chi connectivity index (χ0n) is 8.99. The monoisotopic (exact) mass is 231 g/mol. The molecule has 15 heavy (non-hydrogen) atoms. The van der Waals surface area contributed by atoms with Crippen LogP contribution < -0.4 is 15.8 Å². The Morgan fingerprint density at radius 1 is 1.67 bits per heavy atom. The maximum atomic E-state index is 9.07. The van der Waals surface area contributed by atoms with Gasteiger partial charge in [-0.2, -0.15) is 4.37 Å². The van der Waals surface area contributed by atoms with E-state index in [1.165, 1.54) is 11.5 Å². The molecule has 0 saturated carbocycles. The summed E-state index contributed by atoms with van der Waals surface area (Å²) in [7, 11) is 1.57. The van der Waals surface area contributed by atoms with Crippen molar-refractivity contribution in [3.63, 3.8) is 0 Å². The molecule has 0 bridgehead atoms. The molecule has 0 spiro atoms. The third-order valence-corrected chi connectivity index (χ3v) is 2.76. The van der Waals surface area contributed by atoms with Gasteiger partial charge >= 0.3 is 0 Å². The molecule has 1 aromatic heterocycles. The first-order valence-electron chi connectivity index (χ1n) is 4.86. The van der Waals surface area contributed by atoms with Crippen LogP contribution in [0.2, 0.25) is 0 Å². The highest BCUT2D eigenvalue weighted by molar-refractivity contribution is 7.11. The molecule has 1 heterocycles. The SMILES string of the molecule is COc1c(N)nsc1NCCCC(C)O. The number of rotatable bonds is 6. The Bertz CT molecular complexity index is 302. The van der Waals surface area contributed by atoms with Gasteiger partial charge in [-0.15, -0.1) is 0 Å². The van der Waals surface area contributed by atoms with Gasteiger partial charge in [-0.1, -0.05) is 0 Å². The molecule has 0 saturated heterocycles. The van der Waals surface area contributed by atoms with Crippen molar-refractivity contribution in [1.29, 1.82) is 0 Å². The van der Waals surface area contributed by atoms with Crippen molar-refractivity contribution >= 4 is 22.4 Å². The predicted molar refractivity (Wildman–Crippen MR) is 62.5 cm³/mol. The molecule has 1 atom stereocenters. The van der Waals surface area contributed by atoms with Crippen LogP contribution in [0.25, 0.3) is 0 Å². The number of aromatic nitrogens is 1. The molecule has 0 aliphatic carbocycles. The van der Waals surface area contributed by atoms with Gasteiger partial charge < -0.3 is 20.9 Å². The van der Waals surface area contributed by atoms with Crippen molar-refractivity contribution < 1.29 is 9.84 Å². The summed E-state index contributed by atoms with van der Waals surface area (Å²) >= 11 is 1.29. The lowest BCUT2D eigenvalue weighted by molar-refractivity contribution is 0.183. The molecule has 0 amide bonds. The molecule has 1 unspecified atom stereocenters. The Balaban J connectivity index is 2.37. The Hall–Kier alpha value is -1.01. The second-order valence-corrected chi connectivity index (χ2v) is 4.12. The minimum absolute atomic E-state index is 0.250. The lowest BCUT2D eigenvalue weighted by Gasteiger charge is -2.06. The summed E-state index contributed by atoms with van der Waals surface area (Å²) in [5.41, 5.74) is 5.60. The van der Waals surface area contributed by atoms with Crippen LogP contribution in [0.15, 0.2) is 0 Å². The van der Waals surface area contributed by atoms with Crippen LogP contribution in [0, 0.1) is 0 Å². The maximum absolute atomic E-state index is 9.07. The van der Waals surface area contributed by atoms with Crippen LogP contribution in [0.4, 0.5) is 10.8 Å². The van der Waals surface area contributed by atoms with Crippen molar-refractivity contribution in [2.45, 2.75) is 25.9 Å². The van der Waals surface area contributed by atoms with Gasteiger partial charge in [0.2, 0.25) is 0 Å². The zero-order valence-corrected chi connectivity index (χ0v) is 9.80. The lowest BCUT2D eigenvalue weighted by Crippen LogP contribution is -2.06. The minimum atomic E-state index is -0.250. The highest BCUT2D eigenvalue weighted by atomic mass is 32.1. The van der Waals surface area contributed by atoms with Gasteiger partial charge in [-0.25, -0.2) is 0 Å². The summed E-state index contributed by atoms with van der Waals surface area (Å²) in [5, 5.41) is 13.1. The van der Waals surface area contributed by atoms with Crippen molar-refractivity contribution in [3.05, 3.63) is 0 Å². The van der Waals surface area contributed by atoms with E-state index in [-0.39, 0.29) is 6.10 Å². The summed E-state index contributed by atoms with van der Waals surface area (Å²) in [6.07, 6.45) is 1.43. The molecule has 5 nitrogen and oxygen atoms in total. The molecule has 0 fully saturated rings. The number of nitrogens with one attached hydrogen (secondary N) is 1. The molecule has 1 aromatic rings. The number of nitrogens with two attached hydrogens (primary N) is 1. The standard InChI is InChI=1S/C9H17N3O2S/c1-6(13)4-3-5-11-9-7(14-2)8(10)12-15-9/h6,11,13H,3-5H2,1-2H3,(H2,10,12). The number of nitrogen functional groups attached to an aromatic ring is 1. The van der Waals surface area contributed by atoms with Gasteiger partial charge in [0.25, 0.3) is 0 Å². The second-order valence-electron chi connectivity index (χ2n) is 3.35. The Morgan fingerprint density at radius 3 is 3.00 bits per heavy atom. The number of anilines is 2. The third kappa shape index (κ3) is 3.56. The van der Waals surface area contributed by atoms with Gasteiger partial charge in [-0.3, -0.25) is 0 Å². The number of hydrogen-bond acceptors (Lipinski definition) is 6. The van der Waals surface area contributed by atoms with Crippen molar-refractivity contribution in [3.8, 4) is 5.75 Å². The highest BCUT2D eigenvalue weighted by Gasteiger charge is 2.10. The van der Waals surface area contributed by atoms with E-state index < -0.39 is 0 Å². The molecule has 0 aliphatic rings. The van der Waals surface area contributed by atoms with Crippen LogP contribution in [-0.2, 0) is 0 Å². The number of ether oxygens (including phenoxy) is 1. The highest BCUT2D eigenvalue weighted by Crippen LogP contribution is 2.34. The number of aliphatic hydroxyl groups excluding tert-OH is 1. The topological polar surface area (TPSA) is 80.4 Å². The summed E-state index contributed by atoms with van der Waals surface area (Å²) in [6.45, 7) is 2.56. The maximum Gasteiger partial charge on any atom is 0.197 e. The number of nitrogens with zero attached hydrogens (tertiary/aromatic N) is 1. The van der Waals surface area contributed by atoms with Crippen LogP contribution >= 0.6 is 11.5 Å². The van der Waals surface area contributed by atoms with E-state index in [1.807, 2.05) is 0 Å². The minimum Gasteiger partial charge on any atom is -0.490 e. The average Bonchev–Trinajstić information content (AvgIpc) is 2.53. The van der Waals surface area contributed by atoms with Crippen molar-refractivity contribution in [2.75, 3.05) is 24.7 Å². The van der Waals surface area contributed by atoms with Gasteiger partial charge in [0.1, 0.15) is 0 Å². The largest absolute Gasteiger partial charge is 0.490 e. The van der Waals surface area contributed by atoms with E-state index in [9.17, 15) is 0 Å². The first-order valence-corrected chi connectivity index (χ1v) is 5.63. The normalized spacial score (nSPS) is 12.5. The molecule has 86 valence electrons. The lowest BCUT2D eigenvalue weighted by atomic mass is 10.2. The van der Waals surface area contributed by atoms with E-state index >= 15 is 0 Å². The fourth-order valence-electron chi connectivity index (χ4n) is 1.20. The Kier molecular flexibility index (Phi) is 4.64. The number of aliphatic hydroxyl groups is 1. The fraction of sp³-hybridized carbons (Fsp3) is 0.667. The first kappa shape index (κ1) is 12.1. The molecule has 0 aliphatic heterocycles. The molecule has 0 aromatic carbocycles. The van der Waals surface area contributed by atoms with Crippen molar-refractivity contribution in [1.82, 2.24) is 4.37 Å². The first-order chi connectivity index (χ1) is 7.15. The van der Waals surface area contributed by atoms with Gasteiger partial charge in [-0.05, 0) is 31.3 Å². The van der Waals surface area contributed by atoms with Gasteiger partial charge in [0, 0.05) is 6.54 Å². The molecule has 4 N–H and O–H groups in total. The molecule has 0 radical (unpaired) electrons. The van der Waals surface area contributed by atoms with Crippen LogP contribution in [0.1, 0.15) is 19.8 Å². The quantitative estimate of drug-likeness (QED) is 0.643. The zero-order chi connectivity index (χ0) is 11.3. The molecular formula is C9H17N3O2S. The average molecular weight is 231 g/mol. The summed E-state index contributed by atoms with van der Waals surface area (Å²) in [6, 6.07) is 0. The molecule has 6 heteroatoms. The third-order valence-electron chi connectivity index (χ3n) is 1.96.